The number of carbonyl (C=O) groups excluding carboxylic acids is 1. The Labute approximate surface area is 212 Å². The number of anilines is 1. The fourth-order valence-electron chi connectivity index (χ4n) is 4.12. The number of aromatic nitrogens is 1. The van der Waals surface area contributed by atoms with Crippen molar-refractivity contribution in [2.75, 3.05) is 52.8 Å². The van der Waals surface area contributed by atoms with E-state index in [1.54, 1.807) is 50.5 Å². The molecule has 36 heavy (non-hydrogen) atoms. The van der Waals surface area contributed by atoms with Crippen molar-refractivity contribution in [3.05, 3.63) is 58.4 Å². The summed E-state index contributed by atoms with van der Waals surface area (Å²) in [6.45, 7) is 7.62. The van der Waals surface area contributed by atoms with E-state index < -0.39 is 0 Å². The SMILES string of the molecule is CCN(CC)CCCN(Cc1cc2cc(OC)c(OC)cc2[nH]c1=O)C(=O)Nc1ccccc1OC. The number of para-hydroxylation sites is 2. The molecule has 0 aliphatic heterocycles. The predicted octanol–water partition coefficient (Wildman–Crippen LogP) is 4.32. The Hall–Kier alpha value is -3.72. The van der Waals surface area contributed by atoms with Crippen molar-refractivity contribution >= 4 is 22.6 Å². The fourth-order valence-corrected chi connectivity index (χ4v) is 4.12. The van der Waals surface area contributed by atoms with Gasteiger partial charge in [0, 0.05) is 23.6 Å². The maximum atomic E-state index is 13.4. The Balaban J connectivity index is 1.89. The summed E-state index contributed by atoms with van der Waals surface area (Å²) >= 11 is 0. The maximum absolute atomic E-state index is 13.4. The van der Waals surface area contributed by atoms with E-state index >= 15 is 0 Å². The van der Waals surface area contributed by atoms with Gasteiger partial charge in [-0.1, -0.05) is 26.0 Å². The van der Waals surface area contributed by atoms with Gasteiger partial charge >= 0.3 is 6.03 Å². The van der Waals surface area contributed by atoms with Crippen molar-refractivity contribution < 1.29 is 19.0 Å². The highest BCUT2D eigenvalue weighted by molar-refractivity contribution is 5.91. The number of nitrogens with zero attached hydrogens (tertiary/aromatic N) is 2. The molecule has 0 bridgehead atoms. The van der Waals surface area contributed by atoms with Gasteiger partial charge < -0.3 is 34.3 Å². The average Bonchev–Trinajstić information content (AvgIpc) is 2.90. The van der Waals surface area contributed by atoms with Gasteiger partial charge in [0.1, 0.15) is 5.75 Å². The molecule has 2 aromatic carbocycles. The van der Waals surface area contributed by atoms with Crippen molar-refractivity contribution in [2.24, 2.45) is 0 Å². The number of aromatic amines is 1. The summed E-state index contributed by atoms with van der Waals surface area (Å²) < 4.78 is 16.1. The van der Waals surface area contributed by atoms with Gasteiger partial charge in [0.25, 0.3) is 5.56 Å². The number of hydrogen-bond donors (Lipinski definition) is 2. The molecule has 0 saturated heterocycles. The summed E-state index contributed by atoms with van der Waals surface area (Å²) in [5.74, 6) is 1.66. The van der Waals surface area contributed by atoms with Crippen LogP contribution in [0.5, 0.6) is 17.2 Å². The lowest BCUT2D eigenvalue weighted by Crippen LogP contribution is -2.38. The van der Waals surface area contributed by atoms with Crippen molar-refractivity contribution in [2.45, 2.75) is 26.8 Å². The number of hydrogen-bond acceptors (Lipinski definition) is 6. The third kappa shape index (κ3) is 6.48. The van der Waals surface area contributed by atoms with Crippen LogP contribution in [0, 0.1) is 0 Å². The molecule has 3 aromatic rings. The van der Waals surface area contributed by atoms with E-state index in [1.165, 1.54) is 0 Å². The third-order valence-corrected chi connectivity index (χ3v) is 6.22. The predicted molar refractivity (Wildman–Crippen MR) is 143 cm³/mol. The molecular formula is C27H36N4O5. The van der Waals surface area contributed by atoms with Crippen LogP contribution in [0.4, 0.5) is 10.5 Å². The van der Waals surface area contributed by atoms with Crippen LogP contribution in [0.15, 0.2) is 47.3 Å². The minimum absolute atomic E-state index is 0.152. The molecule has 0 radical (unpaired) electrons. The Bertz CT molecular complexity index is 1220. The number of ether oxygens (including phenoxy) is 3. The zero-order valence-electron chi connectivity index (χ0n) is 21.7. The van der Waals surface area contributed by atoms with Gasteiger partial charge in [-0.3, -0.25) is 4.79 Å². The van der Waals surface area contributed by atoms with Crippen LogP contribution < -0.4 is 25.1 Å². The zero-order chi connectivity index (χ0) is 26.1. The highest BCUT2D eigenvalue weighted by atomic mass is 16.5. The van der Waals surface area contributed by atoms with Crippen molar-refractivity contribution in [1.82, 2.24) is 14.8 Å². The molecular weight excluding hydrogens is 460 g/mol. The second-order valence-electron chi connectivity index (χ2n) is 8.35. The number of amides is 2. The summed E-state index contributed by atoms with van der Waals surface area (Å²) in [7, 11) is 4.67. The fraction of sp³-hybridized carbons (Fsp3) is 0.407. The van der Waals surface area contributed by atoms with Gasteiger partial charge in [0.2, 0.25) is 0 Å². The molecule has 0 atom stereocenters. The Morgan fingerprint density at radius 2 is 1.58 bits per heavy atom. The summed E-state index contributed by atoms with van der Waals surface area (Å²) in [4.78, 5) is 33.2. The van der Waals surface area contributed by atoms with E-state index in [2.05, 4.69) is 29.0 Å². The molecule has 0 spiro atoms. The number of nitrogens with one attached hydrogen (secondary N) is 2. The minimum atomic E-state index is -0.300. The van der Waals surface area contributed by atoms with Crippen LogP contribution in [0.3, 0.4) is 0 Å². The minimum Gasteiger partial charge on any atom is -0.495 e. The molecule has 1 heterocycles. The molecule has 0 fully saturated rings. The summed E-state index contributed by atoms with van der Waals surface area (Å²) in [5.41, 5.74) is 1.43. The smallest absolute Gasteiger partial charge is 0.322 e. The first-order valence-corrected chi connectivity index (χ1v) is 12.1. The van der Waals surface area contributed by atoms with Crippen molar-refractivity contribution in [3.63, 3.8) is 0 Å². The Kier molecular flexibility index (Phi) is 9.58. The molecule has 3 rings (SSSR count). The molecule has 0 saturated carbocycles. The number of carbonyl (C=O) groups is 1. The van der Waals surface area contributed by atoms with Gasteiger partial charge in [-0.05, 0) is 50.3 Å². The molecule has 2 amide bonds. The van der Waals surface area contributed by atoms with Crippen LogP contribution in [0.25, 0.3) is 10.9 Å². The van der Waals surface area contributed by atoms with E-state index in [-0.39, 0.29) is 18.1 Å². The normalized spacial score (nSPS) is 10.9. The number of fused-ring (bicyclic) bond motifs is 1. The number of rotatable bonds is 12. The molecule has 1 aromatic heterocycles. The number of urea groups is 1. The van der Waals surface area contributed by atoms with E-state index in [9.17, 15) is 9.59 Å². The second kappa shape index (κ2) is 12.8. The topological polar surface area (TPSA) is 96.1 Å². The lowest BCUT2D eigenvalue weighted by atomic mass is 10.1. The van der Waals surface area contributed by atoms with Crippen LogP contribution in [-0.2, 0) is 6.54 Å². The van der Waals surface area contributed by atoms with Crippen LogP contribution in [-0.4, -0.2) is 68.3 Å². The van der Waals surface area contributed by atoms with Crippen molar-refractivity contribution in [1.29, 1.82) is 0 Å². The highest BCUT2D eigenvalue weighted by Crippen LogP contribution is 2.31. The Morgan fingerprint density at radius 1 is 0.917 bits per heavy atom. The highest BCUT2D eigenvalue weighted by Gasteiger charge is 2.19. The standard InChI is InChI=1S/C27H36N4O5/c1-6-30(7-2)13-10-14-31(27(33)29-21-11-8-9-12-23(21)34-3)18-20-15-19-16-24(35-4)25(36-5)17-22(19)28-26(20)32/h8-9,11-12,15-17H,6-7,10,13-14,18H2,1-5H3,(H,28,32)(H,29,33). The van der Waals surface area contributed by atoms with E-state index in [1.807, 2.05) is 18.2 Å². The van der Waals surface area contributed by atoms with Gasteiger partial charge in [0.05, 0.1) is 39.1 Å². The van der Waals surface area contributed by atoms with Crippen LogP contribution >= 0.6 is 0 Å². The molecule has 2 N–H and O–H groups in total. The quantitative estimate of drug-likeness (QED) is 0.388. The number of H-pyrrole nitrogens is 1. The summed E-state index contributed by atoms with van der Waals surface area (Å²) in [6, 6.07) is 12.3. The van der Waals surface area contributed by atoms with E-state index in [0.717, 1.165) is 31.4 Å². The maximum Gasteiger partial charge on any atom is 0.322 e. The first-order chi connectivity index (χ1) is 17.4. The molecule has 9 nitrogen and oxygen atoms in total. The summed E-state index contributed by atoms with van der Waals surface area (Å²) in [5, 5.41) is 3.72. The number of pyridine rings is 1. The summed E-state index contributed by atoms with van der Waals surface area (Å²) in [6.07, 6.45) is 0.775. The van der Waals surface area contributed by atoms with Gasteiger partial charge in [-0.2, -0.15) is 0 Å². The third-order valence-electron chi connectivity index (χ3n) is 6.22. The average molecular weight is 497 g/mol. The van der Waals surface area contributed by atoms with E-state index in [4.69, 9.17) is 14.2 Å². The number of methoxy groups -OCH3 is 3. The van der Waals surface area contributed by atoms with Crippen LogP contribution in [0.2, 0.25) is 0 Å². The van der Waals surface area contributed by atoms with Gasteiger partial charge in [0.15, 0.2) is 11.5 Å². The molecule has 194 valence electrons. The van der Waals surface area contributed by atoms with Gasteiger partial charge in [-0.25, -0.2) is 4.79 Å². The van der Waals surface area contributed by atoms with Crippen LogP contribution in [0.1, 0.15) is 25.8 Å². The first-order valence-electron chi connectivity index (χ1n) is 12.1. The lowest BCUT2D eigenvalue weighted by Gasteiger charge is -2.25. The van der Waals surface area contributed by atoms with Crippen molar-refractivity contribution in [3.8, 4) is 17.2 Å². The largest absolute Gasteiger partial charge is 0.495 e. The van der Waals surface area contributed by atoms with E-state index in [0.29, 0.717) is 40.6 Å². The first kappa shape index (κ1) is 26.9. The molecule has 0 aliphatic carbocycles. The second-order valence-corrected chi connectivity index (χ2v) is 8.35. The molecule has 0 unspecified atom stereocenters. The van der Waals surface area contributed by atoms with Gasteiger partial charge in [-0.15, -0.1) is 0 Å². The molecule has 0 aliphatic rings. The monoisotopic (exact) mass is 496 g/mol. The molecule has 9 heteroatoms. The zero-order valence-corrected chi connectivity index (χ0v) is 21.7. The Morgan fingerprint density at radius 3 is 2.25 bits per heavy atom. The number of benzene rings is 2. The lowest BCUT2D eigenvalue weighted by molar-refractivity contribution is 0.202.